The molecule has 0 saturated heterocycles. The molecule has 4 heteroatoms. The Morgan fingerprint density at radius 2 is 1.00 bits per heavy atom. The Kier molecular flexibility index (Phi) is 8.32. The fourth-order valence-electron chi connectivity index (χ4n) is 3.94. The second kappa shape index (κ2) is 8.18. The average molecular weight is 385 g/mol. The Labute approximate surface area is 151 Å². The first-order chi connectivity index (χ1) is 10.1. The summed E-state index contributed by atoms with van der Waals surface area (Å²) in [6, 6.07) is 5.58. The predicted molar refractivity (Wildman–Crippen MR) is 123 cm³/mol. The van der Waals surface area contributed by atoms with E-state index in [1.54, 1.807) is 4.82 Å². The van der Waals surface area contributed by atoms with Crippen LogP contribution in [0.4, 0.5) is 0 Å². The fourth-order valence-corrected chi connectivity index (χ4v) is 21.6. The molecule has 0 heterocycles. The molecular weight excluding hydrogens is 341 g/mol. The molecule has 0 aromatic carbocycles. The molecule has 0 rings (SSSR count). The first-order valence-electron chi connectivity index (χ1n) is 9.64. The Morgan fingerprint density at radius 3 is 1.22 bits per heavy atom. The lowest BCUT2D eigenvalue weighted by Gasteiger charge is -2.35. The summed E-state index contributed by atoms with van der Waals surface area (Å²) in [6.45, 7) is 30.2. The van der Waals surface area contributed by atoms with Crippen molar-refractivity contribution >= 4 is 32.3 Å². The third kappa shape index (κ3) is 7.03. The van der Waals surface area contributed by atoms with Crippen LogP contribution in [0.15, 0.2) is 15.7 Å². The normalized spacial score (nSPS) is 13.7. The van der Waals surface area contributed by atoms with Crippen LogP contribution in [0.3, 0.4) is 0 Å². The highest BCUT2D eigenvalue weighted by molar-refractivity contribution is 7.04. The first kappa shape index (κ1) is 23.4. The molecule has 0 nitrogen and oxygen atoms in total. The molecule has 0 atom stereocenters. The standard InChI is InChI=1S/C19H44Si4/c1-13-23(14-2,15-3)18(17-20(4,5)6)16-19(21(7,8)9)22(10,11)12/h13-15,17H2,1-12H3. The second-order valence-electron chi connectivity index (χ2n) is 10.6. The van der Waals surface area contributed by atoms with Gasteiger partial charge in [0, 0.05) is 8.07 Å². The van der Waals surface area contributed by atoms with Crippen LogP contribution in [0.2, 0.25) is 83.1 Å². The molecule has 0 aliphatic carbocycles. The van der Waals surface area contributed by atoms with Crippen molar-refractivity contribution in [3.05, 3.63) is 15.7 Å². The maximum absolute atomic E-state index is 4.24. The molecule has 0 saturated carbocycles. The summed E-state index contributed by atoms with van der Waals surface area (Å²) < 4.78 is 0. The maximum Gasteiger partial charge on any atom is 0.0902 e. The monoisotopic (exact) mass is 384 g/mol. The van der Waals surface area contributed by atoms with Gasteiger partial charge in [0.05, 0.1) is 24.2 Å². The molecule has 136 valence electrons. The van der Waals surface area contributed by atoms with Gasteiger partial charge in [0.15, 0.2) is 0 Å². The van der Waals surface area contributed by atoms with Crippen LogP contribution in [0.1, 0.15) is 20.8 Å². The molecule has 0 fully saturated rings. The minimum Gasteiger partial charge on any atom is -0.136 e. The van der Waals surface area contributed by atoms with Gasteiger partial charge in [-0.3, -0.25) is 0 Å². The van der Waals surface area contributed by atoms with Crippen LogP contribution in [-0.2, 0) is 0 Å². The van der Waals surface area contributed by atoms with Gasteiger partial charge in [-0.05, 0) is 11.2 Å². The van der Waals surface area contributed by atoms with E-state index in [-0.39, 0.29) is 0 Å². The fraction of sp³-hybridized carbons (Fsp3) is 0.842. The summed E-state index contributed by atoms with van der Waals surface area (Å²) in [5.41, 5.74) is 4.24. The van der Waals surface area contributed by atoms with Gasteiger partial charge >= 0.3 is 0 Å². The van der Waals surface area contributed by atoms with E-state index in [4.69, 9.17) is 0 Å². The predicted octanol–water partition coefficient (Wildman–Crippen LogP) is 7.58. The van der Waals surface area contributed by atoms with Gasteiger partial charge in [-0.2, -0.15) is 0 Å². The number of allylic oxidation sites excluding steroid dienone is 1. The maximum atomic E-state index is 4.24. The van der Waals surface area contributed by atoms with Crippen LogP contribution in [0, 0.1) is 0 Å². The lowest BCUT2D eigenvalue weighted by atomic mass is 10.6. The summed E-state index contributed by atoms with van der Waals surface area (Å²) >= 11 is 0. The van der Waals surface area contributed by atoms with Gasteiger partial charge in [0.2, 0.25) is 0 Å². The van der Waals surface area contributed by atoms with Crippen molar-refractivity contribution in [1.82, 2.24) is 0 Å². The first-order valence-corrected chi connectivity index (χ1v) is 23.0. The zero-order valence-corrected chi connectivity index (χ0v) is 22.3. The van der Waals surface area contributed by atoms with E-state index in [1.165, 1.54) is 24.2 Å². The molecule has 0 aromatic heterocycles. The van der Waals surface area contributed by atoms with Crippen molar-refractivity contribution < 1.29 is 0 Å². The lowest BCUT2D eigenvalue weighted by Crippen LogP contribution is -2.41. The molecule has 0 bridgehead atoms. The van der Waals surface area contributed by atoms with Crippen LogP contribution in [0.5, 0.6) is 0 Å². The lowest BCUT2D eigenvalue weighted by molar-refractivity contribution is 1.16. The molecule has 0 radical (unpaired) electrons. The highest BCUT2D eigenvalue weighted by Gasteiger charge is 2.36. The zero-order chi connectivity index (χ0) is 18.7. The van der Waals surface area contributed by atoms with Crippen LogP contribution < -0.4 is 0 Å². The number of hydrogen-bond donors (Lipinski definition) is 0. The van der Waals surface area contributed by atoms with Crippen molar-refractivity contribution in [2.45, 2.75) is 104 Å². The van der Waals surface area contributed by atoms with Gasteiger partial charge in [-0.1, -0.05) is 103 Å². The van der Waals surface area contributed by atoms with Crippen molar-refractivity contribution in [1.29, 1.82) is 0 Å². The quantitative estimate of drug-likeness (QED) is 0.299. The minimum absolute atomic E-state index is 1.11. The molecule has 0 aliphatic rings. The third-order valence-electron chi connectivity index (χ3n) is 5.15. The van der Waals surface area contributed by atoms with E-state index in [2.05, 4.69) is 85.4 Å². The zero-order valence-electron chi connectivity index (χ0n) is 18.3. The Hall–Kier alpha value is 0.388. The van der Waals surface area contributed by atoms with Crippen molar-refractivity contribution in [3.8, 4) is 0 Å². The second-order valence-corrected chi connectivity index (χ2v) is 31.8. The molecule has 0 unspecified atom stereocenters. The third-order valence-corrected chi connectivity index (χ3v) is 20.3. The SMILES string of the molecule is CC[Si](CC)(CC)C(=C=C([Si](C)(C)C)[Si](C)(C)C)C[Si](C)(C)C. The summed E-state index contributed by atoms with van der Waals surface area (Å²) in [6.07, 6.45) is 0. The largest absolute Gasteiger partial charge is 0.136 e. The van der Waals surface area contributed by atoms with Gasteiger partial charge in [-0.15, -0.1) is 5.73 Å². The topological polar surface area (TPSA) is 0 Å². The van der Waals surface area contributed by atoms with Crippen molar-refractivity contribution in [3.63, 3.8) is 0 Å². The highest BCUT2D eigenvalue weighted by Crippen LogP contribution is 2.35. The number of hydrogen-bond acceptors (Lipinski definition) is 0. The van der Waals surface area contributed by atoms with E-state index >= 15 is 0 Å². The highest BCUT2D eigenvalue weighted by atomic mass is 28.4. The van der Waals surface area contributed by atoms with E-state index < -0.39 is 32.3 Å². The summed E-state index contributed by atoms with van der Waals surface area (Å²) in [5.74, 6) is 0. The Morgan fingerprint density at radius 1 is 0.652 bits per heavy atom. The van der Waals surface area contributed by atoms with Gasteiger partial charge in [0.25, 0.3) is 0 Å². The minimum atomic E-state index is -1.31. The molecule has 0 N–H and O–H groups in total. The molecular formula is C19H44Si4. The van der Waals surface area contributed by atoms with Gasteiger partial charge in [-0.25, -0.2) is 0 Å². The van der Waals surface area contributed by atoms with Crippen molar-refractivity contribution in [2.24, 2.45) is 0 Å². The van der Waals surface area contributed by atoms with Crippen molar-refractivity contribution in [2.75, 3.05) is 0 Å². The molecule has 0 spiro atoms. The number of rotatable bonds is 8. The van der Waals surface area contributed by atoms with E-state index in [0.717, 1.165) is 0 Å². The molecule has 0 aromatic rings. The van der Waals surface area contributed by atoms with Crippen LogP contribution in [0.25, 0.3) is 0 Å². The molecule has 0 amide bonds. The molecule has 0 aliphatic heterocycles. The Balaban J connectivity index is 6.69. The van der Waals surface area contributed by atoms with Crippen LogP contribution >= 0.6 is 0 Å². The summed E-state index contributed by atoms with van der Waals surface area (Å²) in [5, 5.41) is 1.82. The average Bonchev–Trinajstić information content (AvgIpc) is 2.33. The van der Waals surface area contributed by atoms with Crippen LogP contribution in [-0.4, -0.2) is 32.3 Å². The summed E-state index contributed by atoms with van der Waals surface area (Å²) in [7, 11) is -5.01. The van der Waals surface area contributed by atoms with E-state index in [1.807, 2.05) is 5.20 Å². The van der Waals surface area contributed by atoms with E-state index in [9.17, 15) is 0 Å². The smallest absolute Gasteiger partial charge is 0.0902 e. The molecule has 23 heavy (non-hydrogen) atoms. The Bertz CT molecular complexity index is 421. The van der Waals surface area contributed by atoms with Gasteiger partial charge in [0.1, 0.15) is 0 Å². The van der Waals surface area contributed by atoms with Gasteiger partial charge < -0.3 is 0 Å². The summed E-state index contributed by atoms with van der Waals surface area (Å²) in [4.78, 5) is 1.80. The van der Waals surface area contributed by atoms with E-state index in [0.29, 0.717) is 0 Å².